The summed E-state index contributed by atoms with van der Waals surface area (Å²) in [6.45, 7) is 0. The Morgan fingerprint density at radius 2 is 2.06 bits per heavy atom. The van der Waals surface area contributed by atoms with Crippen LogP contribution in [0.25, 0.3) is 0 Å². The van der Waals surface area contributed by atoms with E-state index in [4.69, 9.17) is 11.6 Å². The second kappa shape index (κ2) is 5.80. The molecule has 6 heteroatoms. The second-order valence-corrected chi connectivity index (χ2v) is 6.35. The molecule has 1 fully saturated rings. The van der Waals surface area contributed by atoms with Crippen molar-refractivity contribution in [3.05, 3.63) is 34.6 Å². The Balaban J connectivity index is 2.03. The molecule has 1 amide bonds. The number of rotatable bonds is 2. The van der Waals surface area contributed by atoms with Crippen LogP contribution in [0.15, 0.2) is 18.2 Å². The van der Waals surface area contributed by atoms with Crippen LogP contribution < -0.4 is 5.32 Å². The van der Waals surface area contributed by atoms with Crippen LogP contribution in [0.4, 0.5) is 4.39 Å². The van der Waals surface area contributed by atoms with Gasteiger partial charge in [0.15, 0.2) is 0 Å². The van der Waals surface area contributed by atoms with Crippen molar-refractivity contribution in [3.8, 4) is 0 Å². The lowest BCUT2D eigenvalue weighted by atomic mass is 10.1. The van der Waals surface area contributed by atoms with E-state index in [-0.39, 0.29) is 11.6 Å². The summed E-state index contributed by atoms with van der Waals surface area (Å²) in [5.74, 6) is 0.121. The van der Waals surface area contributed by atoms with E-state index in [2.05, 4.69) is 5.32 Å². The van der Waals surface area contributed by atoms with E-state index in [0.717, 1.165) is 0 Å². The van der Waals surface area contributed by atoms with Crippen LogP contribution in [0.3, 0.4) is 0 Å². The van der Waals surface area contributed by atoms with Crippen LogP contribution in [0.5, 0.6) is 0 Å². The van der Waals surface area contributed by atoms with Crippen LogP contribution in [0.1, 0.15) is 23.2 Å². The molecular weight excluding hydrogens is 277 g/mol. The van der Waals surface area contributed by atoms with E-state index in [1.54, 1.807) is 0 Å². The third-order valence-electron chi connectivity index (χ3n) is 2.90. The molecule has 0 saturated carbocycles. The Kier molecular flexibility index (Phi) is 4.35. The van der Waals surface area contributed by atoms with Crippen molar-refractivity contribution < 1.29 is 13.4 Å². The number of amides is 1. The monoisotopic (exact) mass is 289 g/mol. The first-order valence-electron chi connectivity index (χ1n) is 5.67. The van der Waals surface area contributed by atoms with Crippen LogP contribution in [-0.4, -0.2) is 27.7 Å². The molecule has 1 N–H and O–H groups in total. The maximum atomic E-state index is 13.5. The minimum atomic E-state index is -0.775. The van der Waals surface area contributed by atoms with Gasteiger partial charge in [-0.05, 0) is 31.0 Å². The highest BCUT2D eigenvalue weighted by atomic mass is 35.5. The van der Waals surface area contributed by atoms with E-state index in [1.807, 2.05) is 0 Å². The van der Waals surface area contributed by atoms with E-state index >= 15 is 0 Å². The van der Waals surface area contributed by atoms with Gasteiger partial charge in [-0.15, -0.1) is 0 Å². The summed E-state index contributed by atoms with van der Waals surface area (Å²) in [6.07, 6.45) is 1.33. The van der Waals surface area contributed by atoms with Crippen LogP contribution in [0, 0.1) is 5.82 Å². The molecule has 0 atom stereocenters. The Morgan fingerprint density at radius 3 is 2.72 bits per heavy atom. The molecule has 0 bridgehead atoms. The molecule has 98 valence electrons. The first-order valence-corrected chi connectivity index (χ1v) is 7.54. The molecule has 0 spiro atoms. The molecule has 0 radical (unpaired) electrons. The largest absolute Gasteiger partial charge is 0.349 e. The van der Waals surface area contributed by atoms with Crippen molar-refractivity contribution >= 4 is 28.3 Å². The predicted molar refractivity (Wildman–Crippen MR) is 69.8 cm³/mol. The van der Waals surface area contributed by atoms with Gasteiger partial charge in [-0.25, -0.2) is 4.39 Å². The molecule has 0 aliphatic carbocycles. The van der Waals surface area contributed by atoms with E-state index in [0.29, 0.717) is 29.4 Å². The van der Waals surface area contributed by atoms with Crippen molar-refractivity contribution in [2.24, 2.45) is 0 Å². The molecule has 0 unspecified atom stereocenters. The Morgan fingerprint density at radius 1 is 1.39 bits per heavy atom. The van der Waals surface area contributed by atoms with Crippen LogP contribution in [-0.2, 0) is 10.8 Å². The fraction of sp³-hybridized carbons (Fsp3) is 0.417. The number of carbonyl (C=O) groups excluding carboxylic acids is 1. The van der Waals surface area contributed by atoms with Gasteiger partial charge >= 0.3 is 0 Å². The number of carbonyl (C=O) groups is 1. The van der Waals surface area contributed by atoms with Crippen LogP contribution >= 0.6 is 11.6 Å². The first-order chi connectivity index (χ1) is 8.56. The molecule has 1 aliphatic heterocycles. The average Bonchev–Trinajstić information content (AvgIpc) is 2.35. The van der Waals surface area contributed by atoms with Crippen LogP contribution in [0.2, 0.25) is 5.02 Å². The predicted octanol–water partition coefficient (Wildman–Crippen LogP) is 2.12. The average molecular weight is 290 g/mol. The molecule has 1 aromatic rings. The fourth-order valence-electron chi connectivity index (χ4n) is 1.87. The lowest BCUT2D eigenvalue weighted by Gasteiger charge is -2.22. The maximum Gasteiger partial charge on any atom is 0.254 e. The zero-order valence-corrected chi connectivity index (χ0v) is 11.2. The summed E-state index contributed by atoms with van der Waals surface area (Å²) >= 11 is 5.74. The van der Waals surface area contributed by atoms with Gasteiger partial charge in [0.05, 0.1) is 5.56 Å². The Hall–Kier alpha value is -0.940. The standard InChI is InChI=1S/C12H13ClFNO2S/c13-8-1-2-11(14)10(7-8)12(16)15-9-3-5-18(17)6-4-9/h1-2,7,9H,3-6H2,(H,15,16). The van der Waals surface area contributed by atoms with E-state index in [9.17, 15) is 13.4 Å². The van der Waals surface area contributed by atoms with E-state index in [1.165, 1.54) is 18.2 Å². The number of hydrogen-bond acceptors (Lipinski definition) is 2. The zero-order valence-electron chi connectivity index (χ0n) is 9.62. The third-order valence-corrected chi connectivity index (χ3v) is 4.51. The molecule has 3 nitrogen and oxygen atoms in total. The van der Waals surface area contributed by atoms with Gasteiger partial charge in [0.2, 0.25) is 0 Å². The lowest BCUT2D eigenvalue weighted by Crippen LogP contribution is -2.39. The van der Waals surface area contributed by atoms with Crippen molar-refractivity contribution in [1.29, 1.82) is 0 Å². The van der Waals surface area contributed by atoms with Gasteiger partial charge in [-0.3, -0.25) is 9.00 Å². The minimum absolute atomic E-state index is 0.0337. The van der Waals surface area contributed by atoms with E-state index < -0.39 is 22.5 Å². The zero-order chi connectivity index (χ0) is 13.1. The molecule has 1 heterocycles. The molecular formula is C12H13ClFNO2S. The second-order valence-electron chi connectivity index (χ2n) is 4.22. The van der Waals surface area contributed by atoms with Gasteiger partial charge in [-0.2, -0.15) is 0 Å². The van der Waals surface area contributed by atoms with Crippen molar-refractivity contribution in [2.75, 3.05) is 11.5 Å². The Bertz CT molecular complexity index is 485. The summed E-state index contributed by atoms with van der Waals surface area (Å²) in [5.41, 5.74) is -0.0470. The summed E-state index contributed by atoms with van der Waals surface area (Å²) in [7, 11) is -0.775. The molecule has 1 aromatic carbocycles. The highest BCUT2D eigenvalue weighted by molar-refractivity contribution is 7.85. The molecule has 0 aromatic heterocycles. The van der Waals surface area contributed by atoms with Gasteiger partial charge in [0.1, 0.15) is 5.82 Å². The topological polar surface area (TPSA) is 46.2 Å². The SMILES string of the molecule is O=C(NC1CCS(=O)CC1)c1cc(Cl)ccc1F. The molecule has 1 aliphatic rings. The summed E-state index contributed by atoms with van der Waals surface area (Å²) in [6, 6.07) is 3.85. The summed E-state index contributed by atoms with van der Waals surface area (Å²) in [5, 5.41) is 3.08. The minimum Gasteiger partial charge on any atom is -0.349 e. The number of halogens is 2. The molecule has 1 saturated heterocycles. The van der Waals surface area contributed by atoms with Crippen molar-refractivity contribution in [3.63, 3.8) is 0 Å². The van der Waals surface area contributed by atoms with Gasteiger partial charge in [-0.1, -0.05) is 11.6 Å². The van der Waals surface area contributed by atoms with Gasteiger partial charge < -0.3 is 5.32 Å². The Labute approximate surface area is 112 Å². The normalized spacial score (nSPS) is 23.7. The third kappa shape index (κ3) is 3.29. The highest BCUT2D eigenvalue weighted by Crippen LogP contribution is 2.16. The lowest BCUT2D eigenvalue weighted by molar-refractivity contribution is 0.0930. The summed E-state index contributed by atoms with van der Waals surface area (Å²) < 4.78 is 24.7. The molecule has 18 heavy (non-hydrogen) atoms. The van der Waals surface area contributed by atoms with Gasteiger partial charge in [0, 0.05) is 33.4 Å². The summed E-state index contributed by atoms with van der Waals surface area (Å²) in [4.78, 5) is 11.9. The highest BCUT2D eigenvalue weighted by Gasteiger charge is 2.21. The smallest absolute Gasteiger partial charge is 0.254 e. The van der Waals surface area contributed by atoms with Gasteiger partial charge in [0.25, 0.3) is 5.91 Å². The quantitative estimate of drug-likeness (QED) is 0.906. The van der Waals surface area contributed by atoms with Crippen molar-refractivity contribution in [2.45, 2.75) is 18.9 Å². The number of hydrogen-bond donors (Lipinski definition) is 1. The number of benzene rings is 1. The first kappa shape index (κ1) is 13.5. The number of nitrogens with one attached hydrogen (secondary N) is 1. The van der Waals surface area contributed by atoms with Crippen molar-refractivity contribution in [1.82, 2.24) is 5.32 Å². The fourth-order valence-corrected chi connectivity index (χ4v) is 3.34. The maximum absolute atomic E-state index is 13.5. The molecule has 2 rings (SSSR count).